The number of rotatable bonds is 5. The molecule has 4 aliphatic carbocycles. The van der Waals surface area contributed by atoms with Crippen molar-refractivity contribution in [3.05, 3.63) is 54.4 Å². The van der Waals surface area contributed by atoms with Crippen molar-refractivity contribution in [2.75, 3.05) is 35.7 Å². The monoisotopic (exact) mass is 575 g/mol. The van der Waals surface area contributed by atoms with Crippen molar-refractivity contribution in [3.63, 3.8) is 0 Å². The second-order valence-electron chi connectivity index (χ2n) is 12.8. The maximum absolute atomic E-state index is 13.4. The molecule has 2 heterocycles. The van der Waals surface area contributed by atoms with E-state index < -0.39 is 15.4 Å². The van der Waals surface area contributed by atoms with E-state index in [9.17, 15) is 18.3 Å². The summed E-state index contributed by atoms with van der Waals surface area (Å²) in [4.78, 5) is 27.4. The number of piperazine rings is 1. The van der Waals surface area contributed by atoms with Gasteiger partial charge in [0.25, 0.3) is 5.91 Å². The molecule has 1 amide bonds. The minimum absolute atomic E-state index is 0.0700. The fourth-order valence-electron chi connectivity index (χ4n) is 8.38. The lowest BCUT2D eigenvalue weighted by atomic mass is 9.52. The van der Waals surface area contributed by atoms with Gasteiger partial charge in [0.05, 0.1) is 10.5 Å². The third-order valence-electron chi connectivity index (χ3n) is 9.90. The van der Waals surface area contributed by atoms with Gasteiger partial charge in [0.1, 0.15) is 5.69 Å². The number of hydrogen-bond acceptors (Lipinski definition) is 8. The maximum Gasteiger partial charge on any atom is 0.270 e. The third kappa shape index (κ3) is 4.74. The smallest absolute Gasteiger partial charge is 0.270 e. The number of aliphatic hydroxyl groups is 1. The average molecular weight is 576 g/mol. The molecule has 0 radical (unpaired) electrons. The molecule has 8 rings (SSSR count). The van der Waals surface area contributed by atoms with Crippen LogP contribution in [-0.2, 0) is 9.84 Å². The molecule has 5 aliphatic rings. The predicted molar refractivity (Wildman–Crippen MR) is 158 cm³/mol. The Morgan fingerprint density at radius 2 is 1.76 bits per heavy atom. The van der Waals surface area contributed by atoms with Crippen molar-refractivity contribution in [2.45, 2.75) is 61.6 Å². The van der Waals surface area contributed by atoms with Crippen molar-refractivity contribution in [3.8, 4) is 0 Å². The van der Waals surface area contributed by atoms with Crippen molar-refractivity contribution in [1.29, 1.82) is 0 Å². The van der Waals surface area contributed by atoms with Crippen LogP contribution in [0.5, 0.6) is 0 Å². The van der Waals surface area contributed by atoms with Crippen LogP contribution in [0.25, 0.3) is 10.8 Å². The number of hydrogen-bond donors (Lipinski definition) is 2. The Hall–Kier alpha value is -3.24. The number of amides is 1. The lowest BCUT2D eigenvalue weighted by molar-refractivity contribution is -0.136. The first-order valence-electron chi connectivity index (χ1n) is 14.7. The van der Waals surface area contributed by atoms with Crippen LogP contribution in [0, 0.1) is 17.8 Å². The van der Waals surface area contributed by atoms with Crippen molar-refractivity contribution in [2.24, 2.45) is 17.8 Å². The van der Waals surface area contributed by atoms with Gasteiger partial charge in [-0.15, -0.1) is 0 Å². The third-order valence-corrected chi connectivity index (χ3v) is 11.1. The largest absolute Gasteiger partial charge is 0.390 e. The first kappa shape index (κ1) is 26.6. The first-order valence-corrected chi connectivity index (χ1v) is 16.6. The van der Waals surface area contributed by atoms with Crippen LogP contribution in [0.3, 0.4) is 0 Å². The Bertz CT molecular complexity index is 1610. The van der Waals surface area contributed by atoms with E-state index in [2.05, 4.69) is 27.0 Å². The minimum atomic E-state index is -3.35. The van der Waals surface area contributed by atoms with Gasteiger partial charge >= 0.3 is 0 Å². The molecule has 3 aromatic rings. The van der Waals surface area contributed by atoms with Crippen molar-refractivity contribution < 1.29 is 18.3 Å². The Kier molecular flexibility index (Phi) is 6.28. The molecule has 1 saturated heterocycles. The highest BCUT2D eigenvalue weighted by Crippen LogP contribution is 2.55. The van der Waals surface area contributed by atoms with Crippen LogP contribution < -0.4 is 15.1 Å². The molecule has 2 N–H and O–H groups in total. The minimum Gasteiger partial charge on any atom is -0.390 e. The lowest BCUT2D eigenvalue weighted by Gasteiger charge is -2.58. The summed E-state index contributed by atoms with van der Waals surface area (Å²) < 4.78 is 24.8. The van der Waals surface area contributed by atoms with Crippen LogP contribution in [0.1, 0.15) is 49.5 Å². The average Bonchev–Trinajstić information content (AvgIpc) is 2.93. The summed E-state index contributed by atoms with van der Waals surface area (Å²) >= 11 is 0. The number of fused-ring (bicyclic) bond motifs is 1. The highest BCUT2D eigenvalue weighted by molar-refractivity contribution is 7.91. The molecule has 5 fully saturated rings. The van der Waals surface area contributed by atoms with E-state index in [1.165, 1.54) is 6.26 Å². The highest BCUT2D eigenvalue weighted by Gasteiger charge is 2.55. The van der Waals surface area contributed by atoms with E-state index in [-0.39, 0.29) is 18.0 Å². The molecule has 216 valence electrons. The second-order valence-corrected chi connectivity index (χ2v) is 14.8. The van der Waals surface area contributed by atoms with Crippen molar-refractivity contribution >= 4 is 38.2 Å². The van der Waals surface area contributed by atoms with E-state index >= 15 is 0 Å². The van der Waals surface area contributed by atoms with Gasteiger partial charge in [-0.1, -0.05) is 24.3 Å². The summed E-state index contributed by atoms with van der Waals surface area (Å²) in [6.45, 7) is 4.20. The molecule has 9 nitrogen and oxygen atoms in total. The van der Waals surface area contributed by atoms with Gasteiger partial charge in [-0.25, -0.2) is 18.4 Å². The zero-order chi connectivity index (χ0) is 28.5. The summed E-state index contributed by atoms with van der Waals surface area (Å²) in [6, 6.07) is 13.1. The van der Waals surface area contributed by atoms with Crippen LogP contribution in [0.4, 0.5) is 11.6 Å². The number of anilines is 2. The van der Waals surface area contributed by atoms with E-state index in [0.717, 1.165) is 48.6 Å². The maximum atomic E-state index is 13.4. The highest BCUT2D eigenvalue weighted by atomic mass is 32.2. The van der Waals surface area contributed by atoms with E-state index in [1.54, 1.807) is 18.3 Å². The number of carbonyl (C=O) groups excluding carboxylic acids is 1. The summed E-state index contributed by atoms with van der Waals surface area (Å²) in [6.07, 6.45) is 7.58. The number of nitrogens with zero attached hydrogens (tertiary/aromatic N) is 4. The molecule has 4 saturated carbocycles. The molecular weight excluding hydrogens is 538 g/mol. The molecule has 2 unspecified atom stereocenters. The van der Waals surface area contributed by atoms with Crippen LogP contribution in [0.15, 0.2) is 53.6 Å². The second kappa shape index (κ2) is 9.66. The van der Waals surface area contributed by atoms with Gasteiger partial charge in [-0.3, -0.25) is 4.79 Å². The Balaban J connectivity index is 1.07. The van der Waals surface area contributed by atoms with E-state index in [0.29, 0.717) is 53.9 Å². The molecule has 3 atom stereocenters. The fourth-order valence-corrected chi connectivity index (χ4v) is 9.28. The number of aromatic nitrogens is 2. The predicted octanol–water partition coefficient (Wildman–Crippen LogP) is 3.42. The summed E-state index contributed by atoms with van der Waals surface area (Å²) in [5, 5.41) is 15.8. The van der Waals surface area contributed by atoms with Gasteiger partial charge in [0, 0.05) is 60.6 Å². The van der Waals surface area contributed by atoms with E-state index in [4.69, 9.17) is 4.98 Å². The Labute approximate surface area is 240 Å². The molecule has 0 spiro atoms. The molecule has 41 heavy (non-hydrogen) atoms. The number of sulfone groups is 1. The van der Waals surface area contributed by atoms with E-state index in [1.807, 2.05) is 30.3 Å². The number of benzene rings is 2. The topological polar surface area (TPSA) is 116 Å². The van der Waals surface area contributed by atoms with Gasteiger partial charge in [0.2, 0.25) is 5.95 Å². The lowest BCUT2D eigenvalue weighted by Crippen LogP contribution is -2.61. The van der Waals surface area contributed by atoms with Gasteiger partial charge in [0.15, 0.2) is 9.84 Å². The molecule has 2 aromatic carbocycles. The SMILES string of the molecule is C[C@@H]1CN(c2ccc(S(C)(=O)=O)c3ccccc23)CCN1c1nccc(C(=O)NC2C3CC4CC2CC(O)(C4)C3)n1. The zero-order valence-corrected chi connectivity index (χ0v) is 24.3. The standard InChI is InChI=1S/C31H37N5O4S/c1-19-18-35(26-7-8-27(41(2,39)40)24-6-4-3-5-23(24)26)11-12-36(19)30-32-10-9-25(33-30)29(37)34-28-21-13-20-14-22(28)17-31(38,15-20)16-21/h3-10,19-22,28,38H,11-18H2,1-2H3,(H,34,37)/t19-,20?,21?,22?,28?,31?/m1/s1. The number of carbonyl (C=O) groups is 1. The van der Waals surface area contributed by atoms with Gasteiger partial charge in [-0.05, 0) is 75.0 Å². The van der Waals surface area contributed by atoms with Crippen LogP contribution in [-0.4, -0.2) is 73.0 Å². The van der Waals surface area contributed by atoms with Crippen molar-refractivity contribution in [1.82, 2.24) is 15.3 Å². The first-order chi connectivity index (χ1) is 19.6. The Morgan fingerprint density at radius 1 is 1.02 bits per heavy atom. The quantitative estimate of drug-likeness (QED) is 0.476. The zero-order valence-electron chi connectivity index (χ0n) is 23.5. The number of nitrogens with one attached hydrogen (secondary N) is 1. The molecular formula is C31H37N5O4S. The van der Waals surface area contributed by atoms with Crippen LogP contribution >= 0.6 is 0 Å². The Morgan fingerprint density at radius 3 is 2.44 bits per heavy atom. The van der Waals surface area contributed by atoms with Crippen LogP contribution in [0.2, 0.25) is 0 Å². The molecule has 4 bridgehead atoms. The van der Waals surface area contributed by atoms with Gasteiger partial charge < -0.3 is 20.2 Å². The van der Waals surface area contributed by atoms with Gasteiger partial charge in [-0.2, -0.15) is 0 Å². The summed E-state index contributed by atoms with van der Waals surface area (Å²) in [5.41, 5.74) is 0.855. The molecule has 1 aromatic heterocycles. The summed E-state index contributed by atoms with van der Waals surface area (Å²) in [5.74, 6) is 1.65. The summed E-state index contributed by atoms with van der Waals surface area (Å²) in [7, 11) is -3.35. The normalized spacial score (nSPS) is 31.0. The molecule has 1 aliphatic heterocycles. The fraction of sp³-hybridized carbons (Fsp3) is 0.516. The molecule has 10 heteroatoms.